The Kier molecular flexibility index (Phi) is 20.8. The zero-order valence-corrected chi connectivity index (χ0v) is 72.5. The van der Waals surface area contributed by atoms with E-state index in [2.05, 4.69) is 286 Å². The van der Waals surface area contributed by atoms with Gasteiger partial charge in [0.05, 0.1) is 22.3 Å². The summed E-state index contributed by atoms with van der Waals surface area (Å²) >= 11 is 0. The highest BCUT2D eigenvalue weighted by molar-refractivity contribution is 6.12. The van der Waals surface area contributed by atoms with E-state index in [1.165, 1.54) is 39.8 Å². The molecule has 118 heavy (non-hydrogen) atoms. The van der Waals surface area contributed by atoms with Crippen LogP contribution in [0.2, 0.25) is 0 Å². The van der Waals surface area contributed by atoms with E-state index in [4.69, 9.17) is 38.1 Å². The van der Waals surface area contributed by atoms with Crippen LogP contribution in [0.3, 0.4) is 0 Å². The van der Waals surface area contributed by atoms with Gasteiger partial charge in [-0.15, -0.1) is 0 Å². The van der Waals surface area contributed by atoms with Crippen molar-refractivity contribution in [1.82, 2.24) is 19.9 Å². The number of furan rings is 4. The van der Waals surface area contributed by atoms with E-state index in [-0.39, 0.29) is 10.8 Å². The third kappa shape index (κ3) is 16.1. The van der Waals surface area contributed by atoms with Crippen LogP contribution in [0, 0.1) is 45.4 Å². The lowest BCUT2D eigenvalue weighted by Crippen LogP contribution is -2.31. The molecule has 4 fully saturated rings. The molecule has 0 spiro atoms. The van der Waals surface area contributed by atoms with E-state index in [0.29, 0.717) is 22.9 Å². The van der Waals surface area contributed by atoms with Gasteiger partial charge in [-0.3, -0.25) is 0 Å². The summed E-state index contributed by atoms with van der Waals surface area (Å²) in [6.07, 6.45) is 29.1. The first-order valence-corrected chi connectivity index (χ1v) is 43.5. The lowest BCUT2D eigenvalue weighted by molar-refractivity contribution is -0.661. The zero-order valence-electron chi connectivity index (χ0n) is 76.5. The fourth-order valence-corrected chi connectivity index (χ4v) is 19.1. The monoisotopic (exact) mass is 1570 g/mol. The second-order valence-corrected chi connectivity index (χ2v) is 36.8. The van der Waals surface area contributed by atoms with Crippen molar-refractivity contribution in [2.24, 2.45) is 39.0 Å². The summed E-state index contributed by atoms with van der Waals surface area (Å²) < 4.78 is 69.7. The first-order chi connectivity index (χ1) is 58.2. The van der Waals surface area contributed by atoms with E-state index in [9.17, 15) is 0 Å². The Balaban J connectivity index is 0.000000116. The van der Waals surface area contributed by atoms with Crippen molar-refractivity contribution in [3.63, 3.8) is 0 Å². The minimum Gasteiger partial charge on any atom is -0.437 e. The fourth-order valence-electron chi connectivity index (χ4n) is 19.1. The standard InChI is InChI=1S/C29H35N2O.C28H33N2O.C25H27N2O.C24H25N2O/c1-19-11-12-22-23-13-14-24(21-9-7-6-8-10-21)30-28(23)32-27(22)26(19)25-17-20(15-16-31(25)5)18-29(2,3)4;1-18-10-11-21-22-12-13-23(20-8-6-7-9-20)29-27(22)31-26(21)25(18)24-16-19(14-15-30(24)5)17-28(2,3)4;1-4-19-11-13-21-20-12-9-16(2)23(24(20)28-25(21)26-19)22-14-10-18(15-27(22)3)17-7-5-6-8-17;1-15-8-11-19-20-12-9-16(2)25-24(20)27-23(19)22(15)21-13-10-18(14-26(21)3)17-6-4-5-7-17/h11-17,21H,6-10,18H2,1-5H3;10-16,20H,6-9,17H2,1-5H3;9-15,17H,4-8H2,1-3H3;8-14,17H,4-7H2,1-3H3/q4*+1/i21D;20D;2*17D. The van der Waals surface area contributed by atoms with Crippen LogP contribution in [0.1, 0.15) is 254 Å². The Morgan fingerprint density at radius 2 is 0.661 bits per heavy atom. The van der Waals surface area contributed by atoms with Crippen LogP contribution < -0.4 is 18.3 Å². The third-order valence-electron chi connectivity index (χ3n) is 25.2. The molecule has 20 rings (SSSR count). The van der Waals surface area contributed by atoms with Crippen LogP contribution in [0.15, 0.2) is 188 Å². The molecule has 12 aromatic heterocycles. The van der Waals surface area contributed by atoms with Crippen molar-refractivity contribution in [3.8, 4) is 45.0 Å². The molecule has 0 unspecified atom stereocenters. The molecule has 12 nitrogen and oxygen atoms in total. The molecule has 0 saturated heterocycles. The zero-order chi connectivity index (χ0) is 85.7. The van der Waals surface area contributed by atoms with E-state index < -0.39 is 23.6 Å². The van der Waals surface area contributed by atoms with Crippen LogP contribution in [0.25, 0.3) is 133 Å². The minimum absolute atomic E-state index is 0.225. The average Bonchev–Trinajstić information content (AvgIpc) is 1.65. The predicted molar refractivity (Wildman–Crippen MR) is 481 cm³/mol. The van der Waals surface area contributed by atoms with Gasteiger partial charge in [0.1, 0.15) is 28.2 Å². The average molecular weight is 1570 g/mol. The van der Waals surface area contributed by atoms with Crippen LogP contribution in [0.4, 0.5) is 0 Å². The molecule has 0 atom stereocenters. The summed E-state index contributed by atoms with van der Waals surface area (Å²) in [7, 11) is 8.34. The molecule has 0 aliphatic heterocycles. The maximum absolute atomic E-state index is 9.00. The Bertz CT molecular complexity index is 6730. The molecular weight excluding hydrogens is 1450 g/mol. The summed E-state index contributed by atoms with van der Waals surface area (Å²) in [5.41, 5.74) is 29.0. The molecule has 604 valence electrons. The Hall–Kier alpha value is -10.7. The van der Waals surface area contributed by atoms with Gasteiger partial charge < -0.3 is 17.7 Å². The fraction of sp³-hybridized carbons (Fsp3) is 0.396. The number of fused-ring (bicyclic) bond motifs is 12. The summed E-state index contributed by atoms with van der Waals surface area (Å²) in [5, 5.41) is 8.56. The number of nitrogens with zero attached hydrogens (tertiary/aromatic N) is 8. The predicted octanol–water partition coefficient (Wildman–Crippen LogP) is 26.2. The summed E-state index contributed by atoms with van der Waals surface area (Å²) in [6.45, 7) is 26.3. The minimum atomic E-state index is -0.585. The van der Waals surface area contributed by atoms with Crippen molar-refractivity contribution >= 4 is 88.3 Å². The van der Waals surface area contributed by atoms with Gasteiger partial charge in [0.25, 0.3) is 0 Å². The van der Waals surface area contributed by atoms with Gasteiger partial charge in [0, 0.05) is 131 Å². The van der Waals surface area contributed by atoms with Crippen LogP contribution >= 0.6 is 0 Å². The van der Waals surface area contributed by atoms with E-state index >= 15 is 0 Å². The smallest absolute Gasteiger partial charge is 0.227 e. The van der Waals surface area contributed by atoms with Crippen molar-refractivity contribution in [3.05, 3.63) is 238 Å². The number of aromatic nitrogens is 8. The van der Waals surface area contributed by atoms with Crippen LogP contribution in [0.5, 0.6) is 0 Å². The number of hydrogen-bond acceptors (Lipinski definition) is 8. The second kappa shape index (κ2) is 32.9. The number of pyridine rings is 8. The number of rotatable bonds is 11. The maximum atomic E-state index is 9.00. The first kappa shape index (κ1) is 74.8. The molecule has 0 bridgehead atoms. The Morgan fingerprint density at radius 3 is 1.03 bits per heavy atom. The summed E-state index contributed by atoms with van der Waals surface area (Å²) in [5.74, 6) is -2.02. The van der Waals surface area contributed by atoms with Gasteiger partial charge in [-0.1, -0.05) is 155 Å². The normalized spacial score (nSPS) is 16.9. The molecule has 4 aliphatic carbocycles. The van der Waals surface area contributed by atoms with Gasteiger partial charge in [0.15, 0.2) is 47.1 Å². The molecule has 0 amide bonds. The SMILES string of the molecule is [2H]C1(c2ccc(-c3c(C)ccc4c3oc3nc(C)ccc34)[n+](C)c2)CCCC1.[2H]C1(c2ccc(-c3c(C)ccc4c3oc3nc(CC)ccc34)[n+](C)c2)CCCC1.[2H]C1(c2ccc3c(n2)oc2c(-c4cc(CC(C)(C)C)cc[n+]4C)c(C)ccc23)CCCC1.[2H]C1(c2ccc3c(n2)oc2c(-c4cc(CC(C)(C)C)cc[n+]4C)c(C)ccc23)CCCCC1. The third-order valence-corrected chi connectivity index (χ3v) is 25.2. The Labute approximate surface area is 702 Å². The van der Waals surface area contributed by atoms with Gasteiger partial charge in [-0.2, -0.15) is 0 Å². The molecule has 0 N–H and O–H groups in total. The number of aryl methyl sites for hydroxylation is 10. The Morgan fingerprint density at radius 1 is 0.339 bits per heavy atom. The highest BCUT2D eigenvalue weighted by atomic mass is 16.4. The molecule has 4 aromatic carbocycles. The summed E-state index contributed by atoms with van der Waals surface area (Å²) in [4.78, 5) is 19.0. The first-order valence-electron chi connectivity index (χ1n) is 45.5. The molecular formula is C106H120N8O4+4. The quantitative estimate of drug-likeness (QED) is 0.117. The largest absolute Gasteiger partial charge is 0.437 e. The van der Waals surface area contributed by atoms with Crippen molar-refractivity contribution in [2.75, 3.05) is 0 Å². The molecule has 0 radical (unpaired) electrons. The van der Waals surface area contributed by atoms with Gasteiger partial charge in [0.2, 0.25) is 45.6 Å². The maximum Gasteiger partial charge on any atom is 0.227 e. The van der Waals surface area contributed by atoms with Crippen LogP contribution in [-0.2, 0) is 47.5 Å². The van der Waals surface area contributed by atoms with Crippen molar-refractivity contribution < 1.29 is 41.4 Å². The van der Waals surface area contributed by atoms with E-state index in [0.717, 1.165) is 266 Å². The van der Waals surface area contributed by atoms with Crippen molar-refractivity contribution in [2.45, 2.75) is 235 Å². The lowest BCUT2D eigenvalue weighted by Gasteiger charge is -2.20. The number of benzene rings is 4. The number of hydrogen-bond donors (Lipinski definition) is 0. The lowest BCUT2D eigenvalue weighted by atomic mass is 9.86. The highest BCUT2D eigenvalue weighted by Crippen LogP contribution is 2.45. The second-order valence-electron chi connectivity index (χ2n) is 36.8. The summed E-state index contributed by atoms with van der Waals surface area (Å²) in [6, 6.07) is 51.5. The van der Waals surface area contributed by atoms with Gasteiger partial charge >= 0.3 is 0 Å². The van der Waals surface area contributed by atoms with Gasteiger partial charge in [-0.25, -0.2) is 38.2 Å². The van der Waals surface area contributed by atoms with E-state index in [1.54, 1.807) is 0 Å². The molecule has 4 saturated carbocycles. The highest BCUT2D eigenvalue weighted by Gasteiger charge is 2.31. The van der Waals surface area contributed by atoms with Crippen LogP contribution in [-0.4, -0.2) is 19.9 Å². The van der Waals surface area contributed by atoms with Crippen molar-refractivity contribution in [1.29, 1.82) is 0 Å². The molecule has 12 heteroatoms. The topological polar surface area (TPSA) is 120 Å². The molecule has 4 aliphatic rings. The molecule has 16 aromatic rings. The molecule has 12 heterocycles. The van der Waals surface area contributed by atoms with Gasteiger partial charge in [-0.05, 0) is 222 Å². The van der Waals surface area contributed by atoms with E-state index in [1.807, 2.05) is 19.1 Å².